The molecular weight excluding hydrogens is 236 g/mol. The molecule has 104 valence electrons. The number of aliphatic hydroxyl groups excluding tert-OH is 3. The van der Waals surface area contributed by atoms with Crippen LogP contribution in [-0.2, 0) is 4.79 Å². The van der Waals surface area contributed by atoms with Gasteiger partial charge in [0.25, 0.3) is 0 Å². The number of piperidine rings is 1. The molecule has 0 aromatic heterocycles. The standard InChI is InChI=1S/C12H22N2O4/c1-3-14(7(2)15)8-6-13-5-4-9(16)10(13)12(18)11(8)17/h8-12,16-18H,3-6H2,1-2H3/t8-,9-,10?,11+,12+/m0/s1. The van der Waals surface area contributed by atoms with Crippen LogP contribution in [-0.4, -0.2) is 81.1 Å². The average Bonchev–Trinajstić information content (AvgIpc) is 2.67. The third kappa shape index (κ3) is 2.14. The number of carbonyl (C=O) groups is 1. The highest BCUT2D eigenvalue weighted by Gasteiger charge is 2.49. The molecule has 2 aliphatic heterocycles. The number of likely N-dealkylation sites (N-methyl/N-ethyl adjacent to an activating group) is 1. The fraction of sp³-hybridized carbons (Fsp3) is 0.917. The molecule has 6 heteroatoms. The Labute approximate surface area is 107 Å². The van der Waals surface area contributed by atoms with Gasteiger partial charge in [-0.3, -0.25) is 9.69 Å². The van der Waals surface area contributed by atoms with E-state index in [0.29, 0.717) is 26.1 Å². The Bertz CT molecular complexity index is 325. The summed E-state index contributed by atoms with van der Waals surface area (Å²) in [4.78, 5) is 15.1. The van der Waals surface area contributed by atoms with Crippen molar-refractivity contribution in [2.75, 3.05) is 19.6 Å². The summed E-state index contributed by atoms with van der Waals surface area (Å²) in [6, 6.07) is -0.800. The van der Waals surface area contributed by atoms with Crippen molar-refractivity contribution < 1.29 is 20.1 Å². The predicted molar refractivity (Wildman–Crippen MR) is 64.8 cm³/mol. The van der Waals surface area contributed by atoms with Gasteiger partial charge in [0.15, 0.2) is 0 Å². The molecule has 5 atom stereocenters. The third-order valence-electron chi connectivity index (χ3n) is 4.19. The Morgan fingerprint density at radius 1 is 1.33 bits per heavy atom. The van der Waals surface area contributed by atoms with Gasteiger partial charge in [-0.1, -0.05) is 0 Å². The molecule has 2 saturated heterocycles. The first-order valence-corrected chi connectivity index (χ1v) is 6.52. The van der Waals surface area contributed by atoms with Gasteiger partial charge in [0.2, 0.25) is 5.91 Å². The van der Waals surface area contributed by atoms with Gasteiger partial charge in [-0.05, 0) is 13.3 Å². The molecule has 0 spiro atoms. The SMILES string of the molecule is CCN(C(C)=O)[C@H]1CN2CC[C@H](O)C2[C@@H](O)[C@@H]1O. The number of carbonyl (C=O) groups excluding carboxylic acids is 1. The van der Waals surface area contributed by atoms with E-state index in [0.717, 1.165) is 0 Å². The van der Waals surface area contributed by atoms with Crippen molar-refractivity contribution >= 4 is 5.91 Å². The molecule has 0 aromatic carbocycles. The molecule has 2 rings (SSSR count). The normalized spacial score (nSPS) is 40.6. The second kappa shape index (κ2) is 5.13. The van der Waals surface area contributed by atoms with E-state index in [4.69, 9.17) is 0 Å². The van der Waals surface area contributed by atoms with Gasteiger partial charge >= 0.3 is 0 Å². The highest BCUT2D eigenvalue weighted by atomic mass is 16.3. The summed E-state index contributed by atoms with van der Waals surface area (Å²) >= 11 is 0. The fourth-order valence-corrected chi connectivity index (χ4v) is 3.27. The summed E-state index contributed by atoms with van der Waals surface area (Å²) in [5, 5.41) is 30.1. The monoisotopic (exact) mass is 258 g/mol. The van der Waals surface area contributed by atoms with Gasteiger partial charge in [0, 0.05) is 26.6 Å². The second-order valence-corrected chi connectivity index (χ2v) is 5.20. The van der Waals surface area contributed by atoms with E-state index in [2.05, 4.69) is 0 Å². The van der Waals surface area contributed by atoms with Gasteiger partial charge in [0.05, 0.1) is 24.3 Å². The molecule has 2 aliphatic rings. The minimum atomic E-state index is -1.00. The van der Waals surface area contributed by atoms with E-state index in [1.54, 1.807) is 4.90 Å². The Morgan fingerprint density at radius 3 is 2.56 bits per heavy atom. The Kier molecular flexibility index (Phi) is 3.91. The smallest absolute Gasteiger partial charge is 0.219 e. The molecule has 3 N–H and O–H groups in total. The molecule has 0 aromatic rings. The third-order valence-corrected chi connectivity index (χ3v) is 4.19. The molecule has 6 nitrogen and oxygen atoms in total. The van der Waals surface area contributed by atoms with Crippen LogP contribution in [0.5, 0.6) is 0 Å². The van der Waals surface area contributed by atoms with Crippen molar-refractivity contribution in [3.8, 4) is 0 Å². The van der Waals surface area contributed by atoms with Gasteiger partial charge in [-0.15, -0.1) is 0 Å². The Hall–Kier alpha value is -0.690. The Balaban J connectivity index is 2.17. The van der Waals surface area contributed by atoms with Crippen molar-refractivity contribution in [1.82, 2.24) is 9.80 Å². The van der Waals surface area contributed by atoms with Crippen LogP contribution in [0.4, 0.5) is 0 Å². The molecule has 0 bridgehead atoms. The molecule has 0 radical (unpaired) electrons. The summed E-state index contributed by atoms with van der Waals surface area (Å²) in [6.45, 7) is 5.03. The van der Waals surface area contributed by atoms with Crippen molar-refractivity contribution in [2.24, 2.45) is 0 Å². The topological polar surface area (TPSA) is 84.2 Å². The van der Waals surface area contributed by atoms with Crippen molar-refractivity contribution in [3.63, 3.8) is 0 Å². The maximum atomic E-state index is 11.5. The number of rotatable bonds is 2. The lowest BCUT2D eigenvalue weighted by Crippen LogP contribution is -2.66. The first-order chi connectivity index (χ1) is 8.47. The maximum Gasteiger partial charge on any atom is 0.219 e. The minimum absolute atomic E-state index is 0.105. The van der Waals surface area contributed by atoms with Gasteiger partial charge < -0.3 is 20.2 Å². The second-order valence-electron chi connectivity index (χ2n) is 5.20. The largest absolute Gasteiger partial charge is 0.391 e. The lowest BCUT2D eigenvalue weighted by Gasteiger charge is -2.46. The van der Waals surface area contributed by atoms with Crippen LogP contribution >= 0.6 is 0 Å². The molecule has 18 heavy (non-hydrogen) atoms. The molecular formula is C12H22N2O4. The zero-order chi connectivity index (χ0) is 13.4. The molecule has 0 aliphatic carbocycles. The number of nitrogens with zero attached hydrogens (tertiary/aromatic N) is 2. The molecule has 1 unspecified atom stereocenters. The van der Waals surface area contributed by atoms with Crippen molar-refractivity contribution in [1.29, 1.82) is 0 Å². The van der Waals surface area contributed by atoms with Crippen LogP contribution in [0.25, 0.3) is 0 Å². The number of hydrogen-bond acceptors (Lipinski definition) is 5. The van der Waals surface area contributed by atoms with Crippen LogP contribution in [0.2, 0.25) is 0 Å². The zero-order valence-corrected chi connectivity index (χ0v) is 10.9. The summed E-state index contributed by atoms with van der Waals surface area (Å²) in [7, 11) is 0. The minimum Gasteiger partial charge on any atom is -0.391 e. The van der Waals surface area contributed by atoms with E-state index in [9.17, 15) is 20.1 Å². The maximum absolute atomic E-state index is 11.5. The summed E-state index contributed by atoms with van der Waals surface area (Å²) in [6.07, 6.45) is -1.99. The number of hydrogen-bond donors (Lipinski definition) is 3. The van der Waals surface area contributed by atoms with Crippen molar-refractivity contribution in [3.05, 3.63) is 0 Å². The van der Waals surface area contributed by atoms with E-state index in [1.165, 1.54) is 6.92 Å². The van der Waals surface area contributed by atoms with Crippen LogP contribution < -0.4 is 0 Å². The quantitative estimate of drug-likeness (QED) is 0.555. The van der Waals surface area contributed by atoms with E-state index >= 15 is 0 Å². The predicted octanol–water partition coefficient (Wildman–Crippen LogP) is -1.61. The van der Waals surface area contributed by atoms with Crippen LogP contribution in [0.15, 0.2) is 0 Å². The van der Waals surface area contributed by atoms with Gasteiger partial charge in [-0.25, -0.2) is 0 Å². The first-order valence-electron chi connectivity index (χ1n) is 6.52. The zero-order valence-electron chi connectivity index (χ0n) is 10.9. The van der Waals surface area contributed by atoms with E-state index in [1.807, 2.05) is 11.8 Å². The summed E-state index contributed by atoms with van der Waals surface area (Å²) in [5.41, 5.74) is 0. The molecule has 0 saturated carbocycles. The van der Waals surface area contributed by atoms with Gasteiger partial charge in [0.1, 0.15) is 6.10 Å². The molecule has 1 amide bonds. The lowest BCUT2D eigenvalue weighted by molar-refractivity contribution is -0.149. The lowest BCUT2D eigenvalue weighted by atomic mass is 9.90. The van der Waals surface area contributed by atoms with Crippen LogP contribution in [0, 0.1) is 0 Å². The van der Waals surface area contributed by atoms with Gasteiger partial charge in [-0.2, -0.15) is 0 Å². The number of amides is 1. The molecule has 2 heterocycles. The van der Waals surface area contributed by atoms with Crippen LogP contribution in [0.3, 0.4) is 0 Å². The molecule has 2 fully saturated rings. The van der Waals surface area contributed by atoms with E-state index < -0.39 is 30.4 Å². The highest BCUT2D eigenvalue weighted by molar-refractivity contribution is 5.73. The summed E-state index contributed by atoms with van der Waals surface area (Å²) in [5.74, 6) is -0.105. The highest BCUT2D eigenvalue weighted by Crippen LogP contribution is 2.30. The van der Waals surface area contributed by atoms with Crippen LogP contribution in [0.1, 0.15) is 20.3 Å². The van der Waals surface area contributed by atoms with Crippen molar-refractivity contribution in [2.45, 2.75) is 50.7 Å². The number of aliphatic hydroxyl groups is 3. The van der Waals surface area contributed by atoms with E-state index in [-0.39, 0.29) is 5.91 Å². The number of fused-ring (bicyclic) bond motifs is 1. The average molecular weight is 258 g/mol. The first kappa shape index (κ1) is 13.7. The summed E-state index contributed by atoms with van der Waals surface area (Å²) < 4.78 is 0. The Morgan fingerprint density at radius 2 is 2.00 bits per heavy atom. The fourth-order valence-electron chi connectivity index (χ4n) is 3.27.